The van der Waals surface area contributed by atoms with Crippen molar-refractivity contribution in [1.29, 1.82) is 0 Å². The number of nitrogens with one attached hydrogen (secondary N) is 1. The quantitative estimate of drug-likeness (QED) is 0.550. The van der Waals surface area contributed by atoms with Crippen molar-refractivity contribution in [3.05, 3.63) is 77.4 Å². The van der Waals surface area contributed by atoms with Crippen molar-refractivity contribution in [1.82, 2.24) is 15.1 Å². The summed E-state index contributed by atoms with van der Waals surface area (Å²) < 4.78 is 97.3. The summed E-state index contributed by atoms with van der Waals surface area (Å²) in [5, 5.41) is 5.57. The average Bonchev–Trinajstić information content (AvgIpc) is 3.10. The fourth-order valence-electron chi connectivity index (χ4n) is 2.66. The molecule has 0 aliphatic carbocycles. The van der Waals surface area contributed by atoms with Crippen LogP contribution in [-0.2, 0) is 18.9 Å². The van der Waals surface area contributed by atoms with Gasteiger partial charge in [-0.15, -0.1) is 0 Å². The summed E-state index contributed by atoms with van der Waals surface area (Å²) in [6.07, 6.45) is -10.5. The predicted octanol–water partition coefficient (Wildman–Crippen LogP) is 5.34. The number of para-hydroxylation sites is 1. The van der Waals surface area contributed by atoms with Crippen LogP contribution in [0.2, 0.25) is 0 Å². The van der Waals surface area contributed by atoms with Gasteiger partial charge in [0.1, 0.15) is 5.82 Å². The van der Waals surface area contributed by atoms with Crippen LogP contribution in [0.15, 0.2) is 54.7 Å². The van der Waals surface area contributed by atoms with Crippen LogP contribution in [0.1, 0.15) is 16.8 Å². The van der Waals surface area contributed by atoms with E-state index >= 15 is 0 Å². The summed E-state index contributed by atoms with van der Waals surface area (Å²) in [6, 6.07) is 8.87. The Morgan fingerprint density at radius 3 is 2.29 bits per heavy atom. The summed E-state index contributed by atoms with van der Waals surface area (Å²) in [6.45, 7) is -0.617. The van der Waals surface area contributed by atoms with Gasteiger partial charge in [0.05, 0.1) is 17.4 Å². The maximum Gasteiger partial charge on any atom is 0.437 e. The number of alkyl halides is 6. The molecular weight excluding hydrogens is 435 g/mol. The number of nitrogens with zero attached hydrogens (tertiary/aromatic N) is 2. The van der Waals surface area contributed by atoms with Crippen LogP contribution in [0.5, 0.6) is 5.75 Å². The summed E-state index contributed by atoms with van der Waals surface area (Å²) in [5.74, 6) is -2.10. The van der Waals surface area contributed by atoms with Crippen LogP contribution < -0.4 is 10.1 Å². The molecule has 0 atom stereocenters. The Morgan fingerprint density at radius 2 is 1.68 bits per heavy atom. The minimum absolute atomic E-state index is 0.0597. The summed E-state index contributed by atoms with van der Waals surface area (Å²) in [4.78, 5) is 11.9. The number of ether oxygens (including phenoxy) is 1. The second-order valence-electron chi connectivity index (χ2n) is 6.19. The molecule has 5 nitrogen and oxygen atoms in total. The lowest BCUT2D eigenvalue weighted by atomic mass is 10.1. The van der Waals surface area contributed by atoms with Gasteiger partial charge in [-0.1, -0.05) is 18.2 Å². The first-order valence-electron chi connectivity index (χ1n) is 8.48. The Morgan fingerprint density at radius 1 is 1.00 bits per heavy atom. The molecule has 0 spiro atoms. The molecule has 0 fully saturated rings. The number of carbonyl (C=O) groups is 1. The smallest absolute Gasteiger partial charge is 0.406 e. The monoisotopic (exact) mass is 447 g/mol. The Balaban J connectivity index is 1.77. The van der Waals surface area contributed by atoms with Gasteiger partial charge in [-0.2, -0.15) is 31.4 Å². The maximum absolute atomic E-state index is 13.5. The third kappa shape index (κ3) is 5.32. The first-order valence-corrected chi connectivity index (χ1v) is 8.48. The van der Waals surface area contributed by atoms with E-state index in [1.54, 1.807) is 6.07 Å². The van der Waals surface area contributed by atoms with Gasteiger partial charge in [0, 0.05) is 6.54 Å². The zero-order valence-corrected chi connectivity index (χ0v) is 15.3. The molecule has 3 rings (SSSR count). The fourth-order valence-corrected chi connectivity index (χ4v) is 2.66. The highest BCUT2D eigenvalue weighted by molar-refractivity contribution is 5.70. The Hall–Kier alpha value is -3.57. The molecule has 0 bridgehead atoms. The fraction of sp³-hybridized carbons (Fsp3) is 0.158. The number of hydrogen-bond acceptors (Lipinski definition) is 3. The Labute approximate surface area is 170 Å². The first-order chi connectivity index (χ1) is 14.4. The van der Waals surface area contributed by atoms with Crippen molar-refractivity contribution < 1.29 is 40.3 Å². The third-order valence-corrected chi connectivity index (χ3v) is 3.93. The van der Waals surface area contributed by atoms with E-state index in [9.17, 15) is 35.5 Å². The second kappa shape index (κ2) is 8.28. The number of hydrogen-bond donors (Lipinski definition) is 1. The largest absolute Gasteiger partial charge is 0.437 e. The van der Waals surface area contributed by atoms with E-state index in [1.165, 1.54) is 24.3 Å². The van der Waals surface area contributed by atoms with E-state index in [4.69, 9.17) is 0 Å². The first kappa shape index (κ1) is 22.1. The van der Waals surface area contributed by atoms with E-state index in [-0.39, 0.29) is 17.3 Å². The molecule has 1 N–H and O–H groups in total. The number of amides is 1. The van der Waals surface area contributed by atoms with Crippen molar-refractivity contribution in [2.24, 2.45) is 0 Å². The lowest BCUT2D eigenvalue weighted by Crippen LogP contribution is -2.27. The topological polar surface area (TPSA) is 56.1 Å². The SMILES string of the molecule is O=C(NCc1cc(F)cc(C(F)(F)F)c1)Oc1cnn(-c2ccccc2)c1C(F)(F)F. The number of halogens is 7. The average molecular weight is 447 g/mol. The van der Waals surface area contributed by atoms with Crippen LogP contribution in [-0.4, -0.2) is 15.9 Å². The molecule has 0 radical (unpaired) electrons. The molecule has 164 valence electrons. The van der Waals surface area contributed by atoms with E-state index in [1.807, 2.05) is 5.32 Å². The minimum atomic E-state index is -4.94. The summed E-state index contributed by atoms with van der Waals surface area (Å²) >= 11 is 0. The summed E-state index contributed by atoms with van der Waals surface area (Å²) in [5.41, 5.74) is -2.84. The molecule has 0 aliphatic heterocycles. The van der Waals surface area contributed by atoms with E-state index < -0.39 is 47.8 Å². The highest BCUT2D eigenvalue weighted by Crippen LogP contribution is 2.37. The molecule has 0 saturated heterocycles. The lowest BCUT2D eigenvalue weighted by molar-refractivity contribution is -0.143. The molecule has 12 heteroatoms. The Kier molecular flexibility index (Phi) is 5.91. The van der Waals surface area contributed by atoms with E-state index in [0.29, 0.717) is 16.9 Å². The lowest BCUT2D eigenvalue weighted by Gasteiger charge is -2.13. The van der Waals surface area contributed by atoms with E-state index in [0.717, 1.165) is 6.07 Å². The number of benzene rings is 2. The van der Waals surface area contributed by atoms with E-state index in [2.05, 4.69) is 9.84 Å². The molecular formula is C19H12F7N3O2. The van der Waals surface area contributed by atoms with Crippen molar-refractivity contribution in [2.45, 2.75) is 18.9 Å². The highest BCUT2D eigenvalue weighted by atomic mass is 19.4. The minimum Gasteiger partial charge on any atom is -0.406 e. The molecule has 1 heterocycles. The van der Waals surface area contributed by atoms with Crippen molar-refractivity contribution in [3.63, 3.8) is 0 Å². The van der Waals surface area contributed by atoms with Crippen molar-refractivity contribution in [2.75, 3.05) is 0 Å². The molecule has 1 amide bonds. The van der Waals surface area contributed by atoms with Crippen LogP contribution >= 0.6 is 0 Å². The van der Waals surface area contributed by atoms with Gasteiger partial charge in [0.25, 0.3) is 0 Å². The van der Waals surface area contributed by atoms with Crippen LogP contribution in [0.3, 0.4) is 0 Å². The van der Waals surface area contributed by atoms with Gasteiger partial charge in [-0.05, 0) is 35.9 Å². The zero-order chi connectivity index (χ0) is 22.8. The van der Waals surface area contributed by atoms with Crippen molar-refractivity contribution in [3.8, 4) is 11.4 Å². The second-order valence-corrected chi connectivity index (χ2v) is 6.19. The molecule has 0 aliphatic rings. The molecule has 31 heavy (non-hydrogen) atoms. The molecule has 3 aromatic rings. The molecule has 0 saturated carbocycles. The zero-order valence-electron chi connectivity index (χ0n) is 15.3. The van der Waals surface area contributed by atoms with Gasteiger partial charge in [0.15, 0.2) is 11.4 Å². The normalized spacial score (nSPS) is 12.0. The Bertz CT molecular complexity index is 1080. The van der Waals surface area contributed by atoms with Gasteiger partial charge in [-0.3, -0.25) is 0 Å². The van der Waals surface area contributed by atoms with Gasteiger partial charge >= 0.3 is 18.4 Å². The maximum atomic E-state index is 13.5. The molecule has 0 unspecified atom stereocenters. The molecule has 1 aromatic heterocycles. The van der Waals surface area contributed by atoms with Crippen LogP contribution in [0, 0.1) is 5.82 Å². The number of aromatic nitrogens is 2. The predicted molar refractivity (Wildman–Crippen MR) is 92.8 cm³/mol. The highest BCUT2D eigenvalue weighted by Gasteiger charge is 2.40. The van der Waals surface area contributed by atoms with Gasteiger partial charge in [0.2, 0.25) is 0 Å². The van der Waals surface area contributed by atoms with Crippen LogP contribution in [0.4, 0.5) is 35.5 Å². The third-order valence-electron chi connectivity index (χ3n) is 3.93. The van der Waals surface area contributed by atoms with Gasteiger partial charge < -0.3 is 10.1 Å². The standard InChI is InChI=1S/C19H12F7N3O2/c20-13-7-11(6-12(8-13)18(21,22)23)9-27-17(30)31-15-10-28-29(16(15)19(24,25)26)14-4-2-1-3-5-14/h1-8,10H,9H2,(H,27,30). The molecule has 2 aromatic carbocycles. The van der Waals surface area contributed by atoms with Crippen molar-refractivity contribution >= 4 is 6.09 Å². The van der Waals surface area contributed by atoms with Gasteiger partial charge in [-0.25, -0.2) is 13.9 Å². The number of rotatable bonds is 4. The van der Waals surface area contributed by atoms with Crippen LogP contribution in [0.25, 0.3) is 5.69 Å². The summed E-state index contributed by atoms with van der Waals surface area (Å²) in [7, 11) is 0. The number of carbonyl (C=O) groups excluding carboxylic acids is 1.